The monoisotopic (exact) mass is 419 g/mol. The van der Waals surface area contributed by atoms with Crippen molar-refractivity contribution in [2.24, 2.45) is 0 Å². The number of amides is 2. The van der Waals surface area contributed by atoms with Crippen LogP contribution < -0.4 is 5.32 Å². The number of hydrogen-bond donors (Lipinski definition) is 1. The minimum atomic E-state index is -0.109. The second kappa shape index (κ2) is 8.93. The van der Waals surface area contributed by atoms with Crippen molar-refractivity contribution in [3.05, 3.63) is 70.6 Å². The SMILES string of the molecule is N#Cc1c(NC(=O)CCc2ccccc2)sc2c1CCN(C(=O)Cn1ccnc1)C2. The van der Waals surface area contributed by atoms with Crippen molar-refractivity contribution in [3.63, 3.8) is 0 Å². The molecule has 4 rings (SSSR count). The van der Waals surface area contributed by atoms with Crippen LogP contribution in [0.1, 0.15) is 28.0 Å². The van der Waals surface area contributed by atoms with E-state index in [1.807, 2.05) is 30.3 Å². The van der Waals surface area contributed by atoms with Crippen LogP contribution in [0.2, 0.25) is 0 Å². The van der Waals surface area contributed by atoms with Crippen LogP contribution in [0.15, 0.2) is 49.1 Å². The van der Waals surface area contributed by atoms with Crippen LogP contribution >= 0.6 is 11.3 Å². The smallest absolute Gasteiger partial charge is 0.242 e. The molecule has 0 aliphatic carbocycles. The van der Waals surface area contributed by atoms with Gasteiger partial charge in [0.25, 0.3) is 0 Å². The number of nitrogens with zero attached hydrogens (tertiary/aromatic N) is 4. The maximum absolute atomic E-state index is 12.6. The first-order valence-corrected chi connectivity index (χ1v) is 10.6. The van der Waals surface area contributed by atoms with Gasteiger partial charge in [-0.2, -0.15) is 5.26 Å². The van der Waals surface area contributed by atoms with Crippen LogP contribution in [-0.4, -0.2) is 32.8 Å². The number of rotatable bonds is 6. The highest BCUT2D eigenvalue weighted by Gasteiger charge is 2.27. The van der Waals surface area contributed by atoms with Crippen molar-refractivity contribution < 1.29 is 9.59 Å². The molecule has 0 unspecified atom stereocenters. The molecule has 0 saturated heterocycles. The van der Waals surface area contributed by atoms with Gasteiger partial charge in [-0.05, 0) is 24.0 Å². The second-order valence-electron chi connectivity index (χ2n) is 7.15. The lowest BCUT2D eigenvalue weighted by molar-refractivity contribution is -0.132. The molecule has 0 fully saturated rings. The van der Waals surface area contributed by atoms with Crippen molar-refractivity contribution in [2.75, 3.05) is 11.9 Å². The zero-order valence-corrected chi connectivity index (χ0v) is 17.2. The van der Waals surface area contributed by atoms with E-state index in [9.17, 15) is 14.9 Å². The summed E-state index contributed by atoms with van der Waals surface area (Å²) >= 11 is 1.40. The molecule has 8 heteroatoms. The molecule has 152 valence electrons. The Morgan fingerprint density at radius 2 is 2.10 bits per heavy atom. The molecule has 0 spiro atoms. The molecule has 7 nitrogen and oxygen atoms in total. The molecule has 2 aromatic heterocycles. The fourth-order valence-electron chi connectivity index (χ4n) is 3.55. The largest absolute Gasteiger partial charge is 0.336 e. The first kappa shape index (κ1) is 19.9. The number of carbonyl (C=O) groups excluding carboxylic acids is 2. The first-order valence-electron chi connectivity index (χ1n) is 9.76. The fraction of sp³-hybridized carbons (Fsp3) is 0.273. The average Bonchev–Trinajstić information content (AvgIpc) is 3.39. The molecule has 0 saturated carbocycles. The van der Waals surface area contributed by atoms with Gasteiger partial charge in [0, 0.05) is 30.2 Å². The van der Waals surface area contributed by atoms with Gasteiger partial charge in [0.1, 0.15) is 17.6 Å². The van der Waals surface area contributed by atoms with E-state index in [-0.39, 0.29) is 18.4 Å². The Morgan fingerprint density at radius 1 is 1.27 bits per heavy atom. The van der Waals surface area contributed by atoms with Crippen molar-refractivity contribution >= 4 is 28.2 Å². The van der Waals surface area contributed by atoms with Gasteiger partial charge in [-0.25, -0.2) is 4.98 Å². The molecule has 1 aromatic carbocycles. The summed E-state index contributed by atoms with van der Waals surface area (Å²) in [4.78, 5) is 31.7. The Balaban J connectivity index is 1.41. The quantitative estimate of drug-likeness (QED) is 0.665. The summed E-state index contributed by atoms with van der Waals surface area (Å²) < 4.78 is 1.74. The summed E-state index contributed by atoms with van der Waals surface area (Å²) in [5.41, 5.74) is 2.59. The van der Waals surface area contributed by atoms with E-state index in [1.54, 1.807) is 28.2 Å². The van der Waals surface area contributed by atoms with Crippen LogP contribution in [0, 0.1) is 11.3 Å². The molecule has 0 atom stereocenters. The highest BCUT2D eigenvalue weighted by atomic mass is 32.1. The minimum absolute atomic E-state index is 0.0130. The number of fused-ring (bicyclic) bond motifs is 1. The number of imidazole rings is 1. The second-order valence-corrected chi connectivity index (χ2v) is 8.26. The van der Waals surface area contributed by atoms with Crippen molar-refractivity contribution in [1.29, 1.82) is 5.26 Å². The lowest BCUT2D eigenvalue weighted by Crippen LogP contribution is -2.37. The summed E-state index contributed by atoms with van der Waals surface area (Å²) in [5.74, 6) is -0.0963. The Kier molecular flexibility index (Phi) is 5.91. The molecular formula is C22H21N5O2S. The predicted octanol–water partition coefficient (Wildman–Crippen LogP) is 2.97. The van der Waals surface area contributed by atoms with Crippen molar-refractivity contribution in [3.8, 4) is 6.07 Å². The summed E-state index contributed by atoms with van der Waals surface area (Å²) in [6.07, 6.45) is 6.64. The lowest BCUT2D eigenvalue weighted by atomic mass is 10.0. The van der Waals surface area contributed by atoms with Gasteiger partial charge in [0.05, 0.1) is 18.4 Å². The maximum atomic E-state index is 12.6. The molecule has 1 aliphatic rings. The number of benzene rings is 1. The van der Waals surface area contributed by atoms with Gasteiger partial charge >= 0.3 is 0 Å². The molecule has 3 heterocycles. The van der Waals surface area contributed by atoms with Crippen LogP contribution in [-0.2, 0) is 35.5 Å². The minimum Gasteiger partial charge on any atom is -0.336 e. The van der Waals surface area contributed by atoms with Crippen LogP contribution in [0.5, 0.6) is 0 Å². The third-order valence-corrected chi connectivity index (χ3v) is 6.27. The Bertz CT molecular complexity index is 1080. The van der Waals surface area contributed by atoms with Gasteiger partial charge < -0.3 is 14.8 Å². The molecule has 1 aliphatic heterocycles. The molecule has 0 radical (unpaired) electrons. The Hall–Kier alpha value is -3.44. The van der Waals surface area contributed by atoms with Gasteiger partial charge in [-0.3, -0.25) is 9.59 Å². The summed E-state index contributed by atoms with van der Waals surface area (Å²) in [6.45, 7) is 1.27. The van der Waals surface area contributed by atoms with Gasteiger partial charge in [0.2, 0.25) is 11.8 Å². The van der Waals surface area contributed by atoms with E-state index in [0.717, 1.165) is 16.0 Å². The predicted molar refractivity (Wildman–Crippen MR) is 114 cm³/mol. The Labute approximate surface area is 178 Å². The average molecular weight is 420 g/mol. The Morgan fingerprint density at radius 3 is 2.83 bits per heavy atom. The number of aromatic nitrogens is 2. The summed E-state index contributed by atoms with van der Waals surface area (Å²) in [7, 11) is 0. The van der Waals surface area contributed by atoms with E-state index < -0.39 is 0 Å². The van der Waals surface area contributed by atoms with Gasteiger partial charge in [-0.15, -0.1) is 11.3 Å². The molecule has 3 aromatic rings. The van der Waals surface area contributed by atoms with E-state index >= 15 is 0 Å². The van der Waals surface area contributed by atoms with Crippen LogP contribution in [0.25, 0.3) is 0 Å². The molecule has 0 bridgehead atoms. The molecule has 30 heavy (non-hydrogen) atoms. The third kappa shape index (κ3) is 4.42. The summed E-state index contributed by atoms with van der Waals surface area (Å²) in [5, 5.41) is 13.1. The number of nitriles is 1. The first-order chi connectivity index (χ1) is 14.6. The van der Waals surface area contributed by atoms with Crippen LogP contribution in [0.3, 0.4) is 0 Å². The normalized spacial score (nSPS) is 12.8. The zero-order valence-electron chi connectivity index (χ0n) is 16.4. The number of nitrogens with one attached hydrogen (secondary N) is 1. The fourth-order valence-corrected chi connectivity index (χ4v) is 4.78. The van der Waals surface area contributed by atoms with E-state index in [4.69, 9.17) is 0 Å². The van der Waals surface area contributed by atoms with E-state index in [2.05, 4.69) is 16.4 Å². The highest BCUT2D eigenvalue weighted by Crippen LogP contribution is 2.36. The standard InChI is InChI=1S/C22H21N5O2S/c23-12-18-17-8-10-27(21(29)14-26-11-9-24-15-26)13-19(17)30-22(18)25-20(28)7-6-16-4-2-1-3-5-16/h1-5,9,11,15H,6-8,10,13-14H2,(H,25,28). The van der Waals surface area contributed by atoms with Crippen molar-refractivity contribution in [1.82, 2.24) is 14.5 Å². The van der Waals surface area contributed by atoms with Gasteiger partial charge in [0.15, 0.2) is 0 Å². The number of thiophene rings is 1. The number of hydrogen-bond acceptors (Lipinski definition) is 5. The number of anilines is 1. The van der Waals surface area contributed by atoms with E-state index in [0.29, 0.717) is 42.9 Å². The summed E-state index contributed by atoms with van der Waals surface area (Å²) in [6, 6.07) is 12.1. The van der Waals surface area contributed by atoms with E-state index in [1.165, 1.54) is 11.3 Å². The zero-order chi connectivity index (χ0) is 20.9. The molecule has 2 amide bonds. The maximum Gasteiger partial charge on any atom is 0.242 e. The molecule has 1 N–H and O–H groups in total. The van der Waals surface area contributed by atoms with Crippen LogP contribution in [0.4, 0.5) is 5.00 Å². The van der Waals surface area contributed by atoms with Gasteiger partial charge in [-0.1, -0.05) is 30.3 Å². The topological polar surface area (TPSA) is 91.0 Å². The third-order valence-electron chi connectivity index (χ3n) is 5.13. The molecular weight excluding hydrogens is 398 g/mol. The van der Waals surface area contributed by atoms with Crippen molar-refractivity contribution in [2.45, 2.75) is 32.4 Å². The number of carbonyl (C=O) groups is 2. The highest BCUT2D eigenvalue weighted by molar-refractivity contribution is 7.16. The number of aryl methyl sites for hydroxylation is 1. The lowest BCUT2D eigenvalue weighted by Gasteiger charge is -2.27.